The van der Waals surface area contributed by atoms with Crippen molar-refractivity contribution in [3.63, 3.8) is 0 Å². The smallest absolute Gasteiger partial charge is 0.273 e. The number of aromatic nitrogens is 2. The van der Waals surface area contributed by atoms with Crippen LogP contribution in [0.2, 0.25) is 0 Å². The van der Waals surface area contributed by atoms with Gasteiger partial charge in [-0.1, -0.05) is 0 Å². The van der Waals surface area contributed by atoms with Gasteiger partial charge in [0.15, 0.2) is 15.5 Å². The molecule has 0 bridgehead atoms. The fourth-order valence-electron chi connectivity index (χ4n) is 2.25. The molecule has 1 aromatic rings. The SMILES string of the molecule is Cc1[nH]nc(C(=O)NCC2CCCS2(=O)=O)c1S(=O)(=O)Cl. The summed E-state index contributed by atoms with van der Waals surface area (Å²) >= 11 is 0. The largest absolute Gasteiger partial charge is 0.349 e. The Labute approximate surface area is 126 Å². The second-order valence-electron chi connectivity index (χ2n) is 4.81. The molecule has 1 aliphatic rings. The monoisotopic (exact) mass is 355 g/mol. The van der Waals surface area contributed by atoms with Gasteiger partial charge in [0.1, 0.15) is 4.90 Å². The Kier molecular flexibility index (Phi) is 4.31. The first-order valence-corrected chi connectivity index (χ1v) is 10.1. The van der Waals surface area contributed by atoms with Crippen LogP contribution in [0.5, 0.6) is 0 Å². The fourth-order valence-corrected chi connectivity index (χ4v) is 5.36. The lowest BCUT2D eigenvalue weighted by molar-refractivity contribution is 0.0945. The van der Waals surface area contributed by atoms with E-state index in [1.807, 2.05) is 0 Å². The Hall–Kier alpha value is -1.13. The van der Waals surface area contributed by atoms with Crippen LogP contribution in [0.1, 0.15) is 29.0 Å². The van der Waals surface area contributed by atoms with Crippen molar-refractivity contribution in [1.82, 2.24) is 15.5 Å². The molecule has 11 heteroatoms. The summed E-state index contributed by atoms with van der Waals surface area (Å²) in [5.41, 5.74) is -0.221. The topological polar surface area (TPSA) is 126 Å². The van der Waals surface area contributed by atoms with Crippen molar-refractivity contribution < 1.29 is 21.6 Å². The zero-order valence-corrected chi connectivity index (χ0v) is 13.5. The number of amides is 1. The van der Waals surface area contributed by atoms with Crippen molar-refractivity contribution >= 4 is 35.5 Å². The molecule has 0 spiro atoms. The first-order chi connectivity index (χ1) is 9.63. The highest BCUT2D eigenvalue weighted by Crippen LogP contribution is 2.22. The third-order valence-corrected chi connectivity index (χ3v) is 7.03. The van der Waals surface area contributed by atoms with Gasteiger partial charge >= 0.3 is 0 Å². The Morgan fingerprint density at radius 1 is 1.52 bits per heavy atom. The quantitative estimate of drug-likeness (QED) is 0.729. The summed E-state index contributed by atoms with van der Waals surface area (Å²) in [4.78, 5) is 11.6. The molecule has 8 nitrogen and oxygen atoms in total. The average Bonchev–Trinajstić information content (AvgIpc) is 2.88. The van der Waals surface area contributed by atoms with E-state index >= 15 is 0 Å². The number of hydrogen-bond donors (Lipinski definition) is 2. The second kappa shape index (κ2) is 5.58. The van der Waals surface area contributed by atoms with Gasteiger partial charge in [-0.05, 0) is 19.8 Å². The molecule has 1 aromatic heterocycles. The van der Waals surface area contributed by atoms with Gasteiger partial charge in [0, 0.05) is 17.2 Å². The zero-order chi connectivity index (χ0) is 15.8. The molecular formula is C10H14ClN3O5S2. The second-order valence-corrected chi connectivity index (χ2v) is 9.71. The minimum absolute atomic E-state index is 0.0746. The van der Waals surface area contributed by atoms with E-state index in [9.17, 15) is 21.6 Å². The molecule has 1 unspecified atom stereocenters. The van der Waals surface area contributed by atoms with Crippen LogP contribution in [0.15, 0.2) is 4.90 Å². The Morgan fingerprint density at radius 3 is 2.71 bits per heavy atom. The van der Waals surface area contributed by atoms with Gasteiger partial charge in [-0.25, -0.2) is 16.8 Å². The third kappa shape index (κ3) is 3.38. The number of aromatic amines is 1. The summed E-state index contributed by atoms with van der Waals surface area (Å²) in [6.45, 7) is 1.34. The highest BCUT2D eigenvalue weighted by atomic mass is 35.7. The molecule has 2 rings (SSSR count). The maximum absolute atomic E-state index is 12.0. The van der Waals surface area contributed by atoms with Crippen molar-refractivity contribution in [2.24, 2.45) is 0 Å². The van der Waals surface area contributed by atoms with Crippen LogP contribution in [0.4, 0.5) is 0 Å². The zero-order valence-electron chi connectivity index (χ0n) is 11.1. The first-order valence-electron chi connectivity index (χ1n) is 6.12. The van der Waals surface area contributed by atoms with E-state index in [1.54, 1.807) is 0 Å². The van der Waals surface area contributed by atoms with Crippen molar-refractivity contribution in [3.8, 4) is 0 Å². The number of aryl methyl sites for hydroxylation is 1. The number of nitrogens with zero attached hydrogens (tertiary/aromatic N) is 1. The lowest BCUT2D eigenvalue weighted by Gasteiger charge is -2.10. The minimum atomic E-state index is -4.13. The number of carbonyl (C=O) groups excluding carboxylic acids is 1. The van der Waals surface area contributed by atoms with Crippen LogP contribution in [0.25, 0.3) is 0 Å². The number of rotatable bonds is 4. The summed E-state index contributed by atoms with van der Waals surface area (Å²) < 4.78 is 46.2. The lowest BCUT2D eigenvalue weighted by Crippen LogP contribution is -2.35. The maximum atomic E-state index is 12.0. The van der Waals surface area contributed by atoms with Gasteiger partial charge < -0.3 is 5.32 Å². The van der Waals surface area contributed by atoms with Crippen LogP contribution < -0.4 is 5.32 Å². The molecule has 0 aromatic carbocycles. The standard InChI is InChI=1S/C10H14ClN3O5S2/c1-6-9(21(11,18)19)8(14-13-6)10(15)12-5-7-3-2-4-20(7,16)17/h7H,2-5H2,1H3,(H,12,15)(H,13,14). The minimum Gasteiger partial charge on any atom is -0.349 e. The van der Waals surface area contributed by atoms with E-state index in [0.29, 0.717) is 12.8 Å². The van der Waals surface area contributed by atoms with Crippen molar-refractivity contribution in [1.29, 1.82) is 0 Å². The molecule has 1 aliphatic heterocycles. The van der Waals surface area contributed by atoms with E-state index in [4.69, 9.17) is 10.7 Å². The number of halogens is 1. The predicted molar refractivity (Wildman–Crippen MR) is 75.5 cm³/mol. The van der Waals surface area contributed by atoms with E-state index in [2.05, 4.69) is 15.5 Å². The average molecular weight is 356 g/mol. The Balaban J connectivity index is 2.16. The van der Waals surface area contributed by atoms with Crippen molar-refractivity contribution in [2.75, 3.05) is 12.3 Å². The molecule has 0 radical (unpaired) electrons. The van der Waals surface area contributed by atoms with E-state index in [-0.39, 0.29) is 23.7 Å². The summed E-state index contributed by atoms with van der Waals surface area (Å²) in [5, 5.41) is 7.75. The summed E-state index contributed by atoms with van der Waals surface area (Å²) in [6.07, 6.45) is 1.04. The number of sulfone groups is 1. The summed E-state index contributed by atoms with van der Waals surface area (Å²) in [6, 6.07) is 0. The molecule has 2 heterocycles. The molecular weight excluding hydrogens is 342 g/mol. The molecule has 0 aliphatic carbocycles. The summed E-state index contributed by atoms with van der Waals surface area (Å²) in [5.74, 6) is -0.670. The number of nitrogens with one attached hydrogen (secondary N) is 2. The molecule has 1 fully saturated rings. The first kappa shape index (κ1) is 16.2. The third-order valence-electron chi connectivity index (χ3n) is 3.30. The Morgan fingerprint density at radius 2 is 2.19 bits per heavy atom. The van der Waals surface area contributed by atoms with Crippen molar-refractivity contribution in [2.45, 2.75) is 29.9 Å². The van der Waals surface area contributed by atoms with Crippen LogP contribution in [-0.4, -0.2) is 50.5 Å². The van der Waals surface area contributed by atoms with Crippen LogP contribution in [0, 0.1) is 6.92 Å². The van der Waals surface area contributed by atoms with Gasteiger partial charge in [0.05, 0.1) is 16.7 Å². The molecule has 1 atom stereocenters. The van der Waals surface area contributed by atoms with Gasteiger partial charge in [-0.2, -0.15) is 5.10 Å². The summed E-state index contributed by atoms with van der Waals surface area (Å²) in [7, 11) is -2.05. The van der Waals surface area contributed by atoms with E-state index in [1.165, 1.54) is 6.92 Å². The Bertz CT molecular complexity index is 769. The van der Waals surface area contributed by atoms with Crippen LogP contribution in [0.3, 0.4) is 0 Å². The normalized spacial score (nSPS) is 21.3. The highest BCUT2D eigenvalue weighted by Gasteiger charge is 2.32. The molecule has 118 valence electrons. The van der Waals surface area contributed by atoms with Gasteiger partial charge in [-0.3, -0.25) is 9.89 Å². The maximum Gasteiger partial charge on any atom is 0.273 e. The molecule has 21 heavy (non-hydrogen) atoms. The van der Waals surface area contributed by atoms with Crippen LogP contribution >= 0.6 is 10.7 Å². The van der Waals surface area contributed by atoms with Gasteiger partial charge in [0.2, 0.25) is 0 Å². The van der Waals surface area contributed by atoms with Gasteiger partial charge in [-0.15, -0.1) is 0 Å². The van der Waals surface area contributed by atoms with Crippen LogP contribution in [-0.2, 0) is 18.9 Å². The van der Waals surface area contributed by atoms with Crippen molar-refractivity contribution in [3.05, 3.63) is 11.4 Å². The number of carbonyl (C=O) groups is 1. The fraction of sp³-hybridized carbons (Fsp3) is 0.600. The number of hydrogen-bond acceptors (Lipinski definition) is 6. The molecule has 2 N–H and O–H groups in total. The molecule has 1 amide bonds. The number of H-pyrrole nitrogens is 1. The highest BCUT2D eigenvalue weighted by molar-refractivity contribution is 8.13. The van der Waals surface area contributed by atoms with E-state index in [0.717, 1.165) is 0 Å². The molecule has 0 saturated carbocycles. The molecule has 1 saturated heterocycles. The van der Waals surface area contributed by atoms with Gasteiger partial charge in [0.25, 0.3) is 15.0 Å². The lowest BCUT2D eigenvalue weighted by atomic mass is 10.2. The van der Waals surface area contributed by atoms with E-state index < -0.39 is 34.9 Å². The predicted octanol–water partition coefficient (Wildman–Crippen LogP) is -0.0474.